The van der Waals surface area contributed by atoms with E-state index in [0.717, 1.165) is 30.0 Å². The van der Waals surface area contributed by atoms with E-state index in [4.69, 9.17) is 49.0 Å². The van der Waals surface area contributed by atoms with Crippen molar-refractivity contribution in [3.8, 4) is 11.5 Å². The molecule has 0 unspecified atom stereocenters. The van der Waals surface area contributed by atoms with Gasteiger partial charge in [0.05, 0.1) is 40.6 Å². The molecule has 0 saturated carbocycles. The number of anilines is 2. The maximum atomic E-state index is 14.1. The van der Waals surface area contributed by atoms with Crippen molar-refractivity contribution in [1.29, 1.82) is 0 Å². The molecule has 1 saturated heterocycles. The molecule has 1 fully saturated rings. The van der Waals surface area contributed by atoms with Crippen LogP contribution in [0.15, 0.2) is 48.5 Å². The van der Waals surface area contributed by atoms with Crippen LogP contribution in [0.2, 0.25) is 15.1 Å². The summed E-state index contributed by atoms with van der Waals surface area (Å²) in [6.45, 7) is 5.75. The van der Waals surface area contributed by atoms with Crippen molar-refractivity contribution < 1.29 is 18.6 Å². The van der Waals surface area contributed by atoms with Crippen molar-refractivity contribution >= 4 is 46.2 Å². The summed E-state index contributed by atoms with van der Waals surface area (Å²) in [6.07, 6.45) is 0. The molecular weight excluding hydrogens is 514 g/mol. The summed E-state index contributed by atoms with van der Waals surface area (Å²) >= 11 is 19.2. The highest BCUT2D eigenvalue weighted by molar-refractivity contribution is 6.33. The molecule has 0 spiro atoms. The van der Waals surface area contributed by atoms with E-state index in [1.807, 2.05) is 31.2 Å². The van der Waals surface area contributed by atoms with Gasteiger partial charge in [-0.1, -0.05) is 40.9 Å². The standard InChI is InChI=1S/C26H26Cl3FN2O3/c1-2-34-25-13-17(12-22(29)26(25)35-16-19-20(27)4-3-5-23(19)30)15-31-18-6-7-24(21(28)14-18)32-8-10-33-11-9-32/h3-7,12-14,31H,2,8-11,15-16H2,1H3. The van der Waals surface area contributed by atoms with E-state index in [9.17, 15) is 4.39 Å². The van der Waals surface area contributed by atoms with Gasteiger partial charge in [0.15, 0.2) is 11.5 Å². The van der Waals surface area contributed by atoms with Crippen LogP contribution in [0, 0.1) is 5.82 Å². The highest BCUT2D eigenvalue weighted by Gasteiger charge is 2.17. The molecule has 1 heterocycles. The Balaban J connectivity index is 1.46. The Labute approximate surface area is 219 Å². The van der Waals surface area contributed by atoms with E-state index in [-0.39, 0.29) is 12.2 Å². The first-order valence-electron chi connectivity index (χ1n) is 11.3. The molecule has 1 aliphatic rings. The minimum Gasteiger partial charge on any atom is -0.490 e. The Hall–Kier alpha value is -2.38. The summed E-state index contributed by atoms with van der Waals surface area (Å²) < 4.78 is 31.1. The van der Waals surface area contributed by atoms with Gasteiger partial charge >= 0.3 is 0 Å². The summed E-state index contributed by atoms with van der Waals surface area (Å²) in [5, 5.41) is 4.70. The van der Waals surface area contributed by atoms with Crippen LogP contribution in [-0.2, 0) is 17.9 Å². The van der Waals surface area contributed by atoms with E-state index < -0.39 is 5.82 Å². The Morgan fingerprint density at radius 1 is 0.971 bits per heavy atom. The van der Waals surface area contributed by atoms with Crippen LogP contribution in [0.25, 0.3) is 0 Å². The lowest BCUT2D eigenvalue weighted by Gasteiger charge is -2.29. The topological polar surface area (TPSA) is 43.0 Å². The fourth-order valence-corrected chi connectivity index (χ4v) is 4.63. The maximum absolute atomic E-state index is 14.1. The van der Waals surface area contributed by atoms with Gasteiger partial charge in [0.1, 0.15) is 12.4 Å². The molecular formula is C26H26Cl3FN2O3. The number of hydrogen-bond donors (Lipinski definition) is 1. The molecule has 0 aliphatic carbocycles. The first-order chi connectivity index (χ1) is 17.0. The number of benzene rings is 3. The van der Waals surface area contributed by atoms with Gasteiger partial charge in [-0.25, -0.2) is 4.39 Å². The highest BCUT2D eigenvalue weighted by atomic mass is 35.5. The first kappa shape index (κ1) is 25.7. The molecule has 3 aromatic carbocycles. The molecule has 0 amide bonds. The largest absolute Gasteiger partial charge is 0.490 e. The van der Waals surface area contributed by atoms with Crippen molar-refractivity contribution in [1.82, 2.24) is 0 Å². The van der Waals surface area contributed by atoms with Gasteiger partial charge in [0.25, 0.3) is 0 Å². The number of halogens is 4. The van der Waals surface area contributed by atoms with Crippen molar-refractivity contribution in [2.75, 3.05) is 43.1 Å². The van der Waals surface area contributed by atoms with Crippen LogP contribution in [0.3, 0.4) is 0 Å². The zero-order valence-corrected chi connectivity index (χ0v) is 21.5. The normalized spacial score (nSPS) is 13.6. The Morgan fingerprint density at radius 3 is 2.49 bits per heavy atom. The van der Waals surface area contributed by atoms with Crippen LogP contribution in [0.4, 0.5) is 15.8 Å². The molecule has 0 radical (unpaired) electrons. The van der Waals surface area contributed by atoms with Gasteiger partial charge in [-0.3, -0.25) is 0 Å². The molecule has 1 aliphatic heterocycles. The second-order valence-electron chi connectivity index (χ2n) is 7.95. The Bertz CT molecular complexity index is 1150. The lowest BCUT2D eigenvalue weighted by Crippen LogP contribution is -2.36. The van der Waals surface area contributed by atoms with Crippen LogP contribution in [0.5, 0.6) is 11.5 Å². The second kappa shape index (κ2) is 12.0. The summed E-state index contributed by atoms with van der Waals surface area (Å²) in [7, 11) is 0. The average Bonchev–Trinajstić information content (AvgIpc) is 2.84. The lowest BCUT2D eigenvalue weighted by atomic mass is 10.1. The number of nitrogens with one attached hydrogen (secondary N) is 1. The monoisotopic (exact) mass is 538 g/mol. The van der Waals surface area contributed by atoms with Gasteiger partial charge in [0.2, 0.25) is 0 Å². The van der Waals surface area contributed by atoms with Gasteiger partial charge < -0.3 is 24.4 Å². The molecule has 0 aromatic heterocycles. The van der Waals surface area contributed by atoms with Crippen molar-refractivity contribution in [2.45, 2.75) is 20.1 Å². The molecule has 9 heteroatoms. The smallest absolute Gasteiger partial charge is 0.180 e. The SMILES string of the molecule is CCOc1cc(CNc2ccc(N3CCOCC3)c(Cl)c2)cc(Cl)c1OCc1c(F)cccc1Cl. The summed E-state index contributed by atoms with van der Waals surface area (Å²) in [5.74, 6) is 0.380. The summed E-state index contributed by atoms with van der Waals surface area (Å²) in [4.78, 5) is 2.22. The minimum atomic E-state index is -0.439. The summed E-state index contributed by atoms with van der Waals surface area (Å²) in [5.41, 5.74) is 3.04. The maximum Gasteiger partial charge on any atom is 0.180 e. The van der Waals surface area contributed by atoms with Gasteiger partial charge in [0, 0.05) is 30.9 Å². The van der Waals surface area contributed by atoms with Crippen LogP contribution in [-0.4, -0.2) is 32.9 Å². The fraction of sp³-hybridized carbons (Fsp3) is 0.308. The van der Waals surface area contributed by atoms with Gasteiger partial charge in [-0.15, -0.1) is 0 Å². The van der Waals surface area contributed by atoms with Crippen LogP contribution in [0.1, 0.15) is 18.1 Å². The second-order valence-corrected chi connectivity index (χ2v) is 9.17. The number of morpholine rings is 1. The Kier molecular flexibility index (Phi) is 8.84. The Morgan fingerprint density at radius 2 is 1.77 bits per heavy atom. The highest BCUT2D eigenvalue weighted by Crippen LogP contribution is 2.38. The third-order valence-electron chi connectivity index (χ3n) is 5.59. The van der Waals surface area contributed by atoms with Crippen LogP contribution < -0.4 is 19.7 Å². The van der Waals surface area contributed by atoms with Crippen molar-refractivity contribution in [2.24, 2.45) is 0 Å². The summed E-state index contributed by atoms with van der Waals surface area (Å²) in [6, 6.07) is 14.1. The number of ether oxygens (including phenoxy) is 3. The molecule has 3 aromatic rings. The molecule has 5 nitrogen and oxygen atoms in total. The van der Waals surface area contributed by atoms with Gasteiger partial charge in [-0.2, -0.15) is 0 Å². The molecule has 1 N–H and O–H groups in total. The zero-order chi connectivity index (χ0) is 24.8. The van der Waals surface area contributed by atoms with Crippen molar-refractivity contribution in [3.63, 3.8) is 0 Å². The van der Waals surface area contributed by atoms with Crippen LogP contribution >= 0.6 is 34.8 Å². The van der Waals surface area contributed by atoms with E-state index in [0.29, 0.717) is 52.9 Å². The molecule has 0 atom stereocenters. The third-order valence-corrected chi connectivity index (χ3v) is 6.53. The van der Waals surface area contributed by atoms with E-state index in [1.165, 1.54) is 6.07 Å². The molecule has 186 valence electrons. The fourth-order valence-electron chi connectivity index (χ4n) is 3.82. The average molecular weight is 540 g/mol. The minimum absolute atomic E-state index is 0.0725. The molecule has 0 bridgehead atoms. The van der Waals surface area contributed by atoms with E-state index >= 15 is 0 Å². The lowest BCUT2D eigenvalue weighted by molar-refractivity contribution is 0.122. The first-order valence-corrected chi connectivity index (χ1v) is 12.5. The number of rotatable bonds is 9. The quantitative estimate of drug-likeness (QED) is 0.311. The third kappa shape index (κ3) is 6.44. The molecule has 35 heavy (non-hydrogen) atoms. The van der Waals surface area contributed by atoms with Gasteiger partial charge in [-0.05, 0) is 55.0 Å². The number of nitrogens with zero attached hydrogens (tertiary/aromatic N) is 1. The van der Waals surface area contributed by atoms with E-state index in [1.54, 1.807) is 18.2 Å². The predicted molar refractivity (Wildman–Crippen MR) is 140 cm³/mol. The zero-order valence-electron chi connectivity index (χ0n) is 19.3. The van der Waals surface area contributed by atoms with E-state index in [2.05, 4.69) is 10.2 Å². The predicted octanol–water partition coefficient (Wildman–Crippen LogP) is 7.21. The molecule has 4 rings (SSSR count). The number of hydrogen-bond acceptors (Lipinski definition) is 5. The van der Waals surface area contributed by atoms with Crippen molar-refractivity contribution in [3.05, 3.63) is 80.5 Å².